The number of nitrogens with one attached hydrogen (secondary N) is 2. The number of fused-ring (bicyclic) bond motifs is 2. The van der Waals surface area contributed by atoms with E-state index in [9.17, 15) is 19.2 Å². The number of nitrogens with zero attached hydrogens (tertiary/aromatic N) is 5. The summed E-state index contributed by atoms with van der Waals surface area (Å²) in [4.78, 5) is 65.9. The molecule has 99 heavy (non-hydrogen) atoms. The van der Waals surface area contributed by atoms with Crippen molar-refractivity contribution in [2.75, 3.05) is 107 Å². The Hall–Kier alpha value is -6.78. The third kappa shape index (κ3) is 32.6. The molecule has 9 aromatic rings. The Morgan fingerprint density at radius 2 is 1.07 bits per heavy atom. The predicted molar refractivity (Wildman–Crippen MR) is 385 cm³/mol. The molecule has 0 atom stereocenters. The zero-order valence-corrected chi connectivity index (χ0v) is 66.2. The molecule has 25 nitrogen and oxygen atoms in total. The number of imidazole rings is 2. The quantitative estimate of drug-likeness (QED) is 0.0114. The summed E-state index contributed by atoms with van der Waals surface area (Å²) in [5, 5.41) is 17.5. The van der Waals surface area contributed by atoms with Crippen LogP contribution < -0.4 is 55.2 Å². The second-order valence-electron chi connectivity index (χ2n) is 21.2. The fraction of sp³-hybridized carbons (Fsp3) is 0.284. The van der Waals surface area contributed by atoms with Crippen LogP contribution in [0.3, 0.4) is 0 Å². The minimum atomic E-state index is -3.11. The second kappa shape index (κ2) is 48.1. The van der Waals surface area contributed by atoms with Crippen LogP contribution in [-0.2, 0) is 55.8 Å². The van der Waals surface area contributed by atoms with Crippen LogP contribution in [0.25, 0.3) is 44.8 Å². The Bertz CT molecular complexity index is 4210. The maximum absolute atomic E-state index is 11.2. The Balaban J connectivity index is 0.000000678. The van der Waals surface area contributed by atoms with Gasteiger partial charge >= 0.3 is 74.6 Å². The van der Waals surface area contributed by atoms with Crippen molar-refractivity contribution in [1.29, 1.82) is 0 Å². The number of aldehydes is 2. The van der Waals surface area contributed by atoms with E-state index in [0.29, 0.717) is 62.4 Å². The first-order valence-electron chi connectivity index (χ1n) is 29.3. The van der Waals surface area contributed by atoms with Crippen LogP contribution in [0.5, 0.6) is 17.2 Å². The van der Waals surface area contributed by atoms with Crippen molar-refractivity contribution in [2.45, 2.75) is 32.5 Å². The summed E-state index contributed by atoms with van der Waals surface area (Å²) in [5.41, 5.74) is 21.6. The number of carbonyl (C=O) groups excluding carboxylic acids is 4. The molecule has 9 rings (SSSR count). The van der Waals surface area contributed by atoms with Crippen molar-refractivity contribution in [3.8, 4) is 40.0 Å². The molecule has 0 spiro atoms. The average Bonchev–Trinajstić information content (AvgIpc) is 1.63. The SMILES string of the molecule is CN(C)CCCOc1ccc(N)c(N)c1.CN(C)CCCOc1ccc2nc(-c3ccc(-c4nc5ccc(OCCCN(C)C)cc5[nH]4)c(Br)c3)[nH]c2c1.COC(=O)c1ccc(C(=O)OC)c(Br)c1.O=Cc1ccc(C=O)c(Br)c1.O=S(=O)=O.OCc1ccc(CO)c(Br)c1.[H-].[Na+].[O]=[Mn]=[O]. The number of methoxy groups -OCH3 is 2. The van der Waals surface area contributed by atoms with Gasteiger partial charge in [0.05, 0.1) is 91.8 Å². The van der Waals surface area contributed by atoms with Gasteiger partial charge in [0.2, 0.25) is 0 Å². The summed E-state index contributed by atoms with van der Waals surface area (Å²) < 4.78 is 71.6. The number of aromatic amines is 2. The van der Waals surface area contributed by atoms with Gasteiger partial charge in [-0.15, -0.1) is 12.6 Å². The van der Waals surface area contributed by atoms with Crippen molar-refractivity contribution in [3.63, 3.8) is 0 Å². The Labute approximate surface area is 639 Å². The molecule has 0 saturated carbocycles. The summed E-state index contributed by atoms with van der Waals surface area (Å²) in [7, 11) is 11.8. The number of nitrogen functional groups attached to an aromatic ring is 2. The number of ether oxygens (including phenoxy) is 5. The van der Waals surface area contributed by atoms with E-state index >= 15 is 0 Å². The summed E-state index contributed by atoms with van der Waals surface area (Å²) in [6.45, 7) is 5.14. The van der Waals surface area contributed by atoms with Crippen LogP contribution in [0.15, 0.2) is 145 Å². The van der Waals surface area contributed by atoms with E-state index in [4.69, 9.17) is 66.2 Å². The zero-order chi connectivity index (χ0) is 72.9. The number of esters is 2. The number of hydrogen-bond donors (Lipinski definition) is 6. The van der Waals surface area contributed by atoms with Gasteiger partial charge in [-0.05, 0) is 174 Å². The van der Waals surface area contributed by atoms with Crippen molar-refractivity contribution < 1.29 is 119 Å². The van der Waals surface area contributed by atoms with Crippen molar-refractivity contribution in [3.05, 3.63) is 179 Å². The number of halogens is 4. The third-order valence-corrected chi connectivity index (χ3v) is 15.8. The number of aliphatic hydroxyl groups is 2. The first-order valence-corrected chi connectivity index (χ1v) is 34.5. The molecule has 0 aliphatic rings. The molecule has 32 heteroatoms. The van der Waals surface area contributed by atoms with E-state index in [1.165, 1.54) is 32.4 Å². The molecule has 0 saturated heterocycles. The Morgan fingerprint density at radius 3 is 1.51 bits per heavy atom. The molecule has 2 heterocycles. The third-order valence-electron chi connectivity index (χ3n) is 13.1. The van der Waals surface area contributed by atoms with Crippen molar-refractivity contribution >= 4 is 132 Å². The van der Waals surface area contributed by atoms with Crippen LogP contribution >= 0.6 is 63.7 Å². The molecule has 7 aromatic carbocycles. The van der Waals surface area contributed by atoms with E-state index in [1.54, 1.807) is 48.5 Å². The minimum absolute atomic E-state index is 0. The van der Waals surface area contributed by atoms with Crippen LogP contribution in [0.1, 0.15) is 73.2 Å². The normalized spacial score (nSPS) is 10.2. The number of anilines is 2. The van der Waals surface area contributed by atoms with Gasteiger partial charge in [-0.3, -0.25) is 9.59 Å². The fourth-order valence-electron chi connectivity index (χ4n) is 8.20. The number of benzene rings is 7. The number of hydrogen-bond acceptors (Lipinski definition) is 23. The molecule has 0 unspecified atom stereocenters. The van der Waals surface area contributed by atoms with Gasteiger partial charge in [-0.25, -0.2) is 19.6 Å². The van der Waals surface area contributed by atoms with Crippen molar-refractivity contribution in [2.24, 2.45) is 0 Å². The van der Waals surface area contributed by atoms with Gasteiger partial charge in [0.15, 0.2) is 6.29 Å². The summed E-state index contributed by atoms with van der Waals surface area (Å²) in [6.07, 6.45) is 4.43. The van der Waals surface area contributed by atoms with Crippen LogP contribution in [0.4, 0.5) is 11.4 Å². The van der Waals surface area contributed by atoms with Gasteiger partial charge in [0.1, 0.15) is 35.2 Å². The first-order chi connectivity index (χ1) is 46.7. The van der Waals surface area contributed by atoms with Gasteiger partial charge in [-0.2, -0.15) is 0 Å². The Morgan fingerprint density at radius 1 is 0.566 bits per heavy atom. The van der Waals surface area contributed by atoms with Crippen molar-refractivity contribution in [1.82, 2.24) is 34.6 Å². The van der Waals surface area contributed by atoms with Gasteiger partial charge in [-0.1, -0.05) is 72.1 Å². The number of aromatic nitrogens is 4. The van der Waals surface area contributed by atoms with Gasteiger partial charge in [0, 0.05) is 78.0 Å². The van der Waals surface area contributed by atoms with E-state index < -0.39 is 37.4 Å². The summed E-state index contributed by atoms with van der Waals surface area (Å²) in [6, 6.07) is 38.2. The Kier molecular flexibility index (Phi) is 42.9. The second-order valence-corrected chi connectivity index (χ2v) is 25.3. The molecule has 2 aromatic heterocycles. The summed E-state index contributed by atoms with van der Waals surface area (Å²) >= 11 is 11.9. The molecule has 0 bridgehead atoms. The number of H-pyrrole nitrogens is 2. The molecule has 8 N–H and O–H groups in total. The van der Waals surface area contributed by atoms with E-state index in [2.05, 4.69) is 144 Å². The molecule has 0 radical (unpaired) electrons. The van der Waals surface area contributed by atoms with Crippen LogP contribution in [0, 0.1) is 0 Å². The van der Waals surface area contributed by atoms with Gasteiger partial charge in [0.25, 0.3) is 0 Å². The number of carbonyl (C=O) groups is 4. The number of nitrogens with two attached hydrogens (primary N) is 2. The van der Waals surface area contributed by atoms with E-state index in [1.807, 2.05) is 56.6 Å². The average molecular weight is 1700 g/mol. The monoisotopic (exact) mass is 1690 g/mol. The molecule has 0 aliphatic carbocycles. The molecule has 0 amide bonds. The van der Waals surface area contributed by atoms with Gasteiger partial charge < -0.3 is 71.5 Å². The van der Waals surface area contributed by atoms with Crippen LogP contribution in [-0.4, -0.2) is 178 Å². The number of rotatable bonds is 23. The summed E-state index contributed by atoms with van der Waals surface area (Å²) in [5.74, 6) is 3.17. The van der Waals surface area contributed by atoms with E-state index in [-0.39, 0.29) is 44.2 Å². The number of aliphatic hydroxyl groups excluding tert-OH is 2. The predicted octanol–water partition coefficient (Wildman–Crippen LogP) is 8.78. The fourth-order valence-corrected chi connectivity index (χ4v) is 10.3. The molecular formula is C67H78Br4MnN9NaO16S. The topological polar surface area (TPSA) is 359 Å². The molecule has 0 fully saturated rings. The van der Waals surface area contributed by atoms with E-state index in [0.717, 1.165) is 134 Å². The zero-order valence-electron chi connectivity index (χ0n) is 56.9. The standard InChI is InChI=1S/C30H35BrN6O2.C11H19N3O.C10H9BrO4.C8H9BrO2.C8H5BrO2.Mn.Na.O3S.2O.H/c1-36(2)13-5-15-38-21-8-11-25-27(18-21)34-29(32-25)20-7-10-23(24(31)17-20)30-33-26-12-9-22(19-28(26)35-30)39-16-6-14-37(3)4;1-14(2)6-3-7-15-9-4-5-10(12)11(13)8-9;1-14-9(12)6-3-4-7(8(11)5-6)10(13)15-2;2*9-8-3-6(4-10)1-2-7(8)5-11;;;1-4(2)3;;;/h7-12,17-19H,5-6,13-16H2,1-4H3,(H,32,34)(H,33,35);4-5,8H,3,6-7,12-13H2,1-2H3;3-5H,1-2H3;1-3,10-11H,4-5H2;1-5H;;;;;;/q;;;;;;+1;;;;-1. The molecule has 529 valence electrons. The molecule has 0 aliphatic heterocycles. The molecular weight excluding hydrogens is 1620 g/mol. The van der Waals surface area contributed by atoms with Crippen LogP contribution in [0.2, 0.25) is 0 Å². The maximum atomic E-state index is 11.2. The first kappa shape index (κ1) is 88.3.